The first kappa shape index (κ1) is 16.7. The molecule has 134 valence electrons. The molecule has 1 fully saturated rings. The molecule has 0 unspecified atom stereocenters. The summed E-state index contributed by atoms with van der Waals surface area (Å²) in [6.45, 7) is 5.68. The number of anilines is 1. The maximum Gasteiger partial charge on any atom is 0.258 e. The second-order valence-corrected chi connectivity index (χ2v) is 6.95. The van der Waals surface area contributed by atoms with E-state index in [2.05, 4.69) is 20.2 Å². The van der Waals surface area contributed by atoms with Crippen LogP contribution < -0.4 is 10.9 Å². The van der Waals surface area contributed by atoms with Crippen molar-refractivity contribution >= 4 is 11.5 Å². The van der Waals surface area contributed by atoms with E-state index in [0.717, 1.165) is 49.8 Å². The molecule has 6 heteroatoms. The molecule has 4 rings (SSSR count). The largest absolute Gasteiger partial charge is 0.370 e. The first-order valence-corrected chi connectivity index (χ1v) is 9.04. The Balaban J connectivity index is 1.36. The van der Waals surface area contributed by atoms with Gasteiger partial charge in [0.25, 0.3) is 5.56 Å². The Morgan fingerprint density at radius 3 is 3.00 bits per heavy atom. The third-order valence-corrected chi connectivity index (χ3v) is 4.84. The minimum absolute atomic E-state index is 0.0199. The molecule has 26 heavy (non-hydrogen) atoms. The van der Waals surface area contributed by atoms with Crippen LogP contribution in [0.25, 0.3) is 5.65 Å². The summed E-state index contributed by atoms with van der Waals surface area (Å²) >= 11 is 0. The summed E-state index contributed by atoms with van der Waals surface area (Å²) in [6, 6.07) is 13.3. The van der Waals surface area contributed by atoms with Crippen molar-refractivity contribution in [2.24, 2.45) is 5.92 Å². The third-order valence-electron chi connectivity index (χ3n) is 4.84. The van der Waals surface area contributed by atoms with Crippen molar-refractivity contribution in [3.63, 3.8) is 0 Å². The van der Waals surface area contributed by atoms with E-state index in [1.54, 1.807) is 16.7 Å². The average molecular weight is 349 g/mol. The molecule has 1 aliphatic rings. The summed E-state index contributed by atoms with van der Waals surface area (Å²) in [4.78, 5) is 23.7. The molecule has 0 radical (unpaired) electrons. The number of aryl methyl sites for hydroxylation is 1. The first-order chi connectivity index (χ1) is 12.7. The van der Waals surface area contributed by atoms with Gasteiger partial charge in [-0.05, 0) is 50.1 Å². The van der Waals surface area contributed by atoms with Crippen LogP contribution in [0.5, 0.6) is 0 Å². The van der Waals surface area contributed by atoms with E-state index < -0.39 is 0 Å². The Bertz CT molecular complexity index is 968. The summed E-state index contributed by atoms with van der Waals surface area (Å²) in [5.74, 6) is 1.52. The number of nitrogens with zero attached hydrogens (tertiary/aromatic N) is 4. The van der Waals surface area contributed by atoms with Gasteiger partial charge in [0.2, 0.25) is 0 Å². The van der Waals surface area contributed by atoms with Crippen LogP contribution in [-0.2, 0) is 6.54 Å². The highest BCUT2D eigenvalue weighted by Gasteiger charge is 2.23. The lowest BCUT2D eigenvalue weighted by Gasteiger charge is -2.16. The SMILES string of the molecule is Cc1cccc(NC[C@@H]2CCN(Cc3cc(=O)n4ccccc4n3)C2)n1. The van der Waals surface area contributed by atoms with Crippen LogP contribution in [-0.4, -0.2) is 38.9 Å². The molecular formula is C20H23N5O. The molecule has 6 nitrogen and oxygen atoms in total. The summed E-state index contributed by atoms with van der Waals surface area (Å²) in [7, 11) is 0. The molecule has 4 heterocycles. The average Bonchev–Trinajstić information content (AvgIpc) is 3.07. The van der Waals surface area contributed by atoms with Gasteiger partial charge in [-0.3, -0.25) is 14.1 Å². The van der Waals surface area contributed by atoms with Crippen LogP contribution in [0.1, 0.15) is 17.8 Å². The number of fused-ring (bicyclic) bond motifs is 1. The molecule has 0 spiro atoms. The number of likely N-dealkylation sites (tertiary alicyclic amines) is 1. The van der Waals surface area contributed by atoms with Crippen molar-refractivity contribution in [1.82, 2.24) is 19.3 Å². The molecule has 1 N–H and O–H groups in total. The zero-order valence-electron chi connectivity index (χ0n) is 14.9. The zero-order valence-corrected chi connectivity index (χ0v) is 14.9. The highest BCUT2D eigenvalue weighted by molar-refractivity contribution is 5.38. The van der Waals surface area contributed by atoms with Gasteiger partial charge in [-0.15, -0.1) is 0 Å². The van der Waals surface area contributed by atoms with E-state index in [9.17, 15) is 4.79 Å². The van der Waals surface area contributed by atoms with Crippen molar-refractivity contribution in [2.75, 3.05) is 25.0 Å². The van der Waals surface area contributed by atoms with Crippen molar-refractivity contribution in [3.05, 3.63) is 70.4 Å². The molecule has 0 aromatic carbocycles. The van der Waals surface area contributed by atoms with E-state index in [-0.39, 0.29) is 5.56 Å². The molecule has 3 aromatic heterocycles. The van der Waals surface area contributed by atoms with Crippen LogP contribution in [0, 0.1) is 12.8 Å². The van der Waals surface area contributed by atoms with Crippen LogP contribution >= 0.6 is 0 Å². The molecule has 0 saturated carbocycles. The fraction of sp³-hybridized carbons (Fsp3) is 0.350. The summed E-state index contributed by atoms with van der Waals surface area (Å²) in [6.07, 6.45) is 2.90. The lowest BCUT2D eigenvalue weighted by molar-refractivity contribution is 0.315. The third kappa shape index (κ3) is 3.75. The topological polar surface area (TPSA) is 62.5 Å². The lowest BCUT2D eigenvalue weighted by Crippen LogP contribution is -2.25. The highest BCUT2D eigenvalue weighted by atomic mass is 16.1. The van der Waals surface area contributed by atoms with E-state index >= 15 is 0 Å². The van der Waals surface area contributed by atoms with Gasteiger partial charge in [-0.25, -0.2) is 9.97 Å². The van der Waals surface area contributed by atoms with Crippen molar-refractivity contribution in [1.29, 1.82) is 0 Å². The molecule has 0 bridgehead atoms. The molecule has 1 saturated heterocycles. The van der Waals surface area contributed by atoms with Crippen molar-refractivity contribution in [3.8, 4) is 0 Å². The molecule has 0 aliphatic carbocycles. The Labute approximate surface area is 152 Å². The number of hydrogen-bond donors (Lipinski definition) is 1. The quantitative estimate of drug-likeness (QED) is 0.766. The lowest BCUT2D eigenvalue weighted by atomic mass is 10.1. The smallest absolute Gasteiger partial charge is 0.258 e. The minimum atomic E-state index is -0.0199. The predicted octanol–water partition coefficient (Wildman–Crippen LogP) is 2.33. The van der Waals surface area contributed by atoms with E-state index in [4.69, 9.17) is 0 Å². The number of aromatic nitrogens is 3. The molecule has 1 aliphatic heterocycles. The first-order valence-electron chi connectivity index (χ1n) is 9.04. The highest BCUT2D eigenvalue weighted by Crippen LogP contribution is 2.18. The summed E-state index contributed by atoms with van der Waals surface area (Å²) < 4.78 is 1.58. The van der Waals surface area contributed by atoms with Gasteiger partial charge < -0.3 is 5.32 Å². The van der Waals surface area contributed by atoms with Crippen LogP contribution in [0.4, 0.5) is 5.82 Å². The number of rotatable bonds is 5. The number of hydrogen-bond acceptors (Lipinski definition) is 5. The molecule has 3 aromatic rings. The predicted molar refractivity (Wildman–Crippen MR) is 102 cm³/mol. The van der Waals surface area contributed by atoms with Gasteiger partial charge in [-0.2, -0.15) is 0 Å². The Morgan fingerprint density at radius 2 is 2.12 bits per heavy atom. The number of pyridine rings is 2. The Morgan fingerprint density at radius 1 is 1.19 bits per heavy atom. The second kappa shape index (κ2) is 7.25. The van der Waals surface area contributed by atoms with Crippen molar-refractivity contribution < 1.29 is 0 Å². The minimum Gasteiger partial charge on any atom is -0.370 e. The molecule has 0 amide bonds. The fourth-order valence-corrected chi connectivity index (χ4v) is 3.53. The summed E-state index contributed by atoms with van der Waals surface area (Å²) in [5.41, 5.74) is 2.55. The van der Waals surface area contributed by atoms with E-state index in [0.29, 0.717) is 11.6 Å². The van der Waals surface area contributed by atoms with Crippen LogP contribution in [0.15, 0.2) is 53.5 Å². The zero-order chi connectivity index (χ0) is 17.9. The maximum atomic E-state index is 12.2. The van der Waals surface area contributed by atoms with Gasteiger partial charge in [0.15, 0.2) is 0 Å². The maximum absolute atomic E-state index is 12.2. The van der Waals surface area contributed by atoms with Crippen LogP contribution in [0.2, 0.25) is 0 Å². The van der Waals surface area contributed by atoms with E-state index in [1.165, 1.54) is 0 Å². The molecule has 1 atom stereocenters. The summed E-state index contributed by atoms with van der Waals surface area (Å²) in [5, 5.41) is 3.44. The fourth-order valence-electron chi connectivity index (χ4n) is 3.53. The van der Waals surface area contributed by atoms with Crippen LogP contribution in [0.3, 0.4) is 0 Å². The number of nitrogens with one attached hydrogen (secondary N) is 1. The van der Waals surface area contributed by atoms with Crippen molar-refractivity contribution in [2.45, 2.75) is 19.9 Å². The van der Waals surface area contributed by atoms with Gasteiger partial charge in [0, 0.05) is 37.6 Å². The monoisotopic (exact) mass is 349 g/mol. The van der Waals surface area contributed by atoms with Gasteiger partial charge in [0.1, 0.15) is 11.5 Å². The van der Waals surface area contributed by atoms with Gasteiger partial charge >= 0.3 is 0 Å². The Kier molecular flexibility index (Phi) is 4.67. The normalized spacial score (nSPS) is 17.7. The second-order valence-electron chi connectivity index (χ2n) is 6.95. The Hall–Kier alpha value is -2.73. The van der Waals surface area contributed by atoms with Gasteiger partial charge in [-0.1, -0.05) is 12.1 Å². The van der Waals surface area contributed by atoms with E-state index in [1.807, 2.05) is 43.3 Å². The van der Waals surface area contributed by atoms with Gasteiger partial charge in [0.05, 0.1) is 5.69 Å². The standard InChI is InChI=1S/C20H23N5O/c1-15-5-4-6-18(22-15)21-12-16-8-10-24(13-16)14-17-11-20(26)25-9-3-2-7-19(25)23-17/h2-7,9,11,16H,8,10,12-14H2,1H3,(H,21,22)/t16-/m0/s1. The molecular weight excluding hydrogens is 326 g/mol.